The van der Waals surface area contributed by atoms with Crippen LogP contribution in [0.25, 0.3) is 0 Å². The first-order valence-corrected chi connectivity index (χ1v) is 6.82. The summed E-state index contributed by atoms with van der Waals surface area (Å²) in [5.74, 6) is 2.30. The van der Waals surface area contributed by atoms with Crippen molar-refractivity contribution in [1.29, 1.82) is 0 Å². The Morgan fingerprint density at radius 3 is 2.81 bits per heavy atom. The van der Waals surface area contributed by atoms with Crippen LogP contribution in [0.5, 0.6) is 0 Å². The average molecular weight is 226 g/mol. The molecule has 0 amide bonds. The summed E-state index contributed by atoms with van der Waals surface area (Å²) < 4.78 is 5.43. The number of hydrogen-bond acceptors (Lipinski definition) is 3. The maximum atomic E-state index is 5.80. The fourth-order valence-electron chi connectivity index (χ4n) is 3.14. The first-order chi connectivity index (χ1) is 7.81. The van der Waals surface area contributed by atoms with Crippen LogP contribution in [0, 0.1) is 17.8 Å². The molecule has 1 heterocycles. The van der Waals surface area contributed by atoms with Gasteiger partial charge in [0.15, 0.2) is 0 Å². The van der Waals surface area contributed by atoms with E-state index in [1.807, 2.05) is 0 Å². The first kappa shape index (κ1) is 12.3. The predicted molar refractivity (Wildman–Crippen MR) is 66.3 cm³/mol. The minimum atomic E-state index is 0.599. The fourth-order valence-corrected chi connectivity index (χ4v) is 3.14. The molecule has 2 fully saturated rings. The van der Waals surface area contributed by atoms with Gasteiger partial charge in [-0.25, -0.2) is 0 Å². The lowest BCUT2D eigenvalue weighted by atomic mass is 9.94. The zero-order valence-electron chi connectivity index (χ0n) is 10.5. The topological polar surface area (TPSA) is 47.3 Å². The highest BCUT2D eigenvalue weighted by Gasteiger charge is 2.27. The van der Waals surface area contributed by atoms with Crippen molar-refractivity contribution in [3.05, 3.63) is 0 Å². The minimum absolute atomic E-state index is 0.599. The number of rotatable bonds is 5. The molecule has 0 spiro atoms. The Hall–Kier alpha value is -0.120. The zero-order valence-corrected chi connectivity index (χ0v) is 10.5. The van der Waals surface area contributed by atoms with Crippen molar-refractivity contribution in [3.63, 3.8) is 0 Å². The smallest absolute Gasteiger partial charge is 0.0509 e. The van der Waals surface area contributed by atoms with Crippen LogP contribution in [-0.4, -0.2) is 32.3 Å². The van der Waals surface area contributed by atoms with E-state index in [1.165, 1.54) is 25.7 Å². The SMILES string of the molecule is CC(NCC1CCCC1CN)C1CCOC1. The van der Waals surface area contributed by atoms with E-state index in [0.717, 1.165) is 44.1 Å². The number of nitrogens with one attached hydrogen (secondary N) is 1. The van der Waals surface area contributed by atoms with Crippen LogP contribution in [0.1, 0.15) is 32.6 Å². The molecule has 16 heavy (non-hydrogen) atoms. The van der Waals surface area contributed by atoms with Gasteiger partial charge in [-0.3, -0.25) is 0 Å². The van der Waals surface area contributed by atoms with Crippen LogP contribution >= 0.6 is 0 Å². The molecule has 0 bridgehead atoms. The maximum Gasteiger partial charge on any atom is 0.0509 e. The van der Waals surface area contributed by atoms with E-state index in [-0.39, 0.29) is 0 Å². The van der Waals surface area contributed by atoms with Gasteiger partial charge in [-0.05, 0) is 57.0 Å². The Bertz CT molecular complexity index is 204. The van der Waals surface area contributed by atoms with Gasteiger partial charge in [-0.15, -0.1) is 0 Å². The molecule has 1 aliphatic carbocycles. The number of ether oxygens (including phenoxy) is 1. The molecule has 4 unspecified atom stereocenters. The summed E-state index contributed by atoms with van der Waals surface area (Å²) in [5.41, 5.74) is 5.80. The Kier molecular flexibility index (Phi) is 4.62. The van der Waals surface area contributed by atoms with Crippen LogP contribution in [0.3, 0.4) is 0 Å². The Labute approximate surface area is 99.1 Å². The van der Waals surface area contributed by atoms with Gasteiger partial charge in [0.25, 0.3) is 0 Å². The standard InChI is InChI=1S/C13H26N2O/c1-10(13-5-6-16-9-13)15-8-12-4-2-3-11(12)7-14/h10-13,15H,2-9,14H2,1H3. The van der Waals surface area contributed by atoms with Crippen molar-refractivity contribution in [1.82, 2.24) is 5.32 Å². The summed E-state index contributed by atoms with van der Waals surface area (Å²) in [6, 6.07) is 0.599. The van der Waals surface area contributed by atoms with Crippen molar-refractivity contribution >= 4 is 0 Å². The monoisotopic (exact) mass is 226 g/mol. The largest absolute Gasteiger partial charge is 0.381 e. The van der Waals surface area contributed by atoms with Gasteiger partial charge in [0.05, 0.1) is 6.61 Å². The third-order valence-corrected chi connectivity index (χ3v) is 4.49. The summed E-state index contributed by atoms with van der Waals surface area (Å²) in [6.07, 6.45) is 5.29. The lowest BCUT2D eigenvalue weighted by Crippen LogP contribution is -2.38. The summed E-state index contributed by atoms with van der Waals surface area (Å²) in [7, 11) is 0. The van der Waals surface area contributed by atoms with E-state index in [0.29, 0.717) is 6.04 Å². The van der Waals surface area contributed by atoms with Gasteiger partial charge in [0.2, 0.25) is 0 Å². The van der Waals surface area contributed by atoms with E-state index in [4.69, 9.17) is 10.5 Å². The van der Waals surface area contributed by atoms with Gasteiger partial charge in [-0.1, -0.05) is 6.42 Å². The van der Waals surface area contributed by atoms with E-state index < -0.39 is 0 Å². The van der Waals surface area contributed by atoms with Crippen molar-refractivity contribution in [2.24, 2.45) is 23.5 Å². The summed E-state index contributed by atoms with van der Waals surface area (Å²) in [5, 5.41) is 3.70. The normalized spacial score (nSPS) is 36.8. The zero-order chi connectivity index (χ0) is 11.4. The van der Waals surface area contributed by atoms with Crippen LogP contribution in [0.4, 0.5) is 0 Å². The Morgan fingerprint density at radius 2 is 2.12 bits per heavy atom. The van der Waals surface area contributed by atoms with Gasteiger partial charge in [0.1, 0.15) is 0 Å². The molecule has 0 radical (unpaired) electrons. The van der Waals surface area contributed by atoms with Crippen molar-refractivity contribution in [2.75, 3.05) is 26.3 Å². The molecular formula is C13H26N2O. The van der Waals surface area contributed by atoms with Gasteiger partial charge >= 0.3 is 0 Å². The van der Waals surface area contributed by atoms with Gasteiger partial charge < -0.3 is 15.8 Å². The lowest BCUT2D eigenvalue weighted by Gasteiger charge is -2.24. The number of hydrogen-bond donors (Lipinski definition) is 2. The summed E-state index contributed by atoms with van der Waals surface area (Å²) in [4.78, 5) is 0. The molecule has 2 rings (SSSR count). The van der Waals surface area contributed by atoms with E-state index >= 15 is 0 Å². The second-order valence-electron chi connectivity index (χ2n) is 5.51. The van der Waals surface area contributed by atoms with Crippen LogP contribution in [0.2, 0.25) is 0 Å². The maximum absolute atomic E-state index is 5.80. The van der Waals surface area contributed by atoms with Crippen LogP contribution in [0.15, 0.2) is 0 Å². The predicted octanol–water partition coefficient (Wildman–Crippen LogP) is 1.38. The second-order valence-corrected chi connectivity index (χ2v) is 5.51. The van der Waals surface area contributed by atoms with E-state index in [9.17, 15) is 0 Å². The quantitative estimate of drug-likeness (QED) is 0.744. The van der Waals surface area contributed by atoms with Crippen LogP contribution < -0.4 is 11.1 Å². The lowest BCUT2D eigenvalue weighted by molar-refractivity contribution is 0.177. The number of nitrogens with two attached hydrogens (primary N) is 1. The summed E-state index contributed by atoms with van der Waals surface area (Å²) in [6.45, 7) is 6.21. The highest BCUT2D eigenvalue weighted by molar-refractivity contribution is 4.82. The molecule has 1 saturated carbocycles. The first-order valence-electron chi connectivity index (χ1n) is 6.82. The third-order valence-electron chi connectivity index (χ3n) is 4.49. The van der Waals surface area contributed by atoms with Crippen LogP contribution in [-0.2, 0) is 4.74 Å². The van der Waals surface area contributed by atoms with Gasteiger partial charge in [-0.2, -0.15) is 0 Å². The minimum Gasteiger partial charge on any atom is -0.381 e. The average Bonchev–Trinajstić information content (AvgIpc) is 2.96. The molecule has 0 aromatic heterocycles. The molecular weight excluding hydrogens is 200 g/mol. The fraction of sp³-hybridized carbons (Fsp3) is 1.00. The molecule has 2 aliphatic rings. The molecule has 4 atom stereocenters. The third kappa shape index (κ3) is 2.96. The molecule has 3 nitrogen and oxygen atoms in total. The summed E-state index contributed by atoms with van der Waals surface area (Å²) >= 11 is 0. The molecule has 0 aromatic rings. The molecule has 1 saturated heterocycles. The van der Waals surface area contributed by atoms with Crippen molar-refractivity contribution in [2.45, 2.75) is 38.6 Å². The molecule has 94 valence electrons. The second kappa shape index (κ2) is 5.99. The van der Waals surface area contributed by atoms with Crippen molar-refractivity contribution in [3.8, 4) is 0 Å². The highest BCUT2D eigenvalue weighted by atomic mass is 16.5. The Morgan fingerprint density at radius 1 is 1.31 bits per heavy atom. The van der Waals surface area contributed by atoms with E-state index in [1.54, 1.807) is 0 Å². The molecule has 0 aromatic carbocycles. The molecule has 3 N–H and O–H groups in total. The van der Waals surface area contributed by atoms with E-state index in [2.05, 4.69) is 12.2 Å². The highest BCUT2D eigenvalue weighted by Crippen LogP contribution is 2.30. The van der Waals surface area contributed by atoms with Gasteiger partial charge in [0, 0.05) is 12.6 Å². The Balaban J connectivity index is 1.69. The molecule has 3 heteroatoms. The molecule has 1 aliphatic heterocycles. The van der Waals surface area contributed by atoms with Crippen molar-refractivity contribution < 1.29 is 4.74 Å².